The molecule has 0 aliphatic rings. The minimum Gasteiger partial charge on any atom is -0.506 e. The Morgan fingerprint density at radius 3 is 2.69 bits per heavy atom. The van der Waals surface area contributed by atoms with Crippen molar-refractivity contribution in [3.63, 3.8) is 0 Å². The zero-order chi connectivity index (χ0) is 21.0. The maximum Gasteiger partial charge on any atom is 0.340 e. The second-order valence-corrected chi connectivity index (χ2v) is 6.07. The van der Waals surface area contributed by atoms with Crippen LogP contribution in [0.5, 0.6) is 5.75 Å². The van der Waals surface area contributed by atoms with E-state index in [9.17, 15) is 23.9 Å². The summed E-state index contributed by atoms with van der Waals surface area (Å²) in [4.78, 5) is 41.8. The van der Waals surface area contributed by atoms with Gasteiger partial charge >= 0.3 is 5.69 Å². The number of H-pyrrole nitrogens is 2. The summed E-state index contributed by atoms with van der Waals surface area (Å²) in [5.41, 5.74) is -0.175. The largest absolute Gasteiger partial charge is 0.506 e. The fraction of sp³-hybridized carbons (Fsp3) is 0.167. The van der Waals surface area contributed by atoms with Crippen molar-refractivity contribution in [3.8, 4) is 5.75 Å². The number of phenols is 1. The van der Waals surface area contributed by atoms with Gasteiger partial charge in [0.1, 0.15) is 11.6 Å². The number of hydrogen-bond donors (Lipinski definition) is 5. The van der Waals surface area contributed by atoms with Gasteiger partial charge in [0.25, 0.3) is 11.8 Å². The van der Waals surface area contributed by atoms with E-state index in [0.717, 1.165) is 6.20 Å². The molecule has 0 fully saturated rings. The van der Waals surface area contributed by atoms with E-state index >= 15 is 0 Å². The number of nitrogens with zero attached hydrogens (tertiary/aromatic N) is 2. The highest BCUT2D eigenvalue weighted by molar-refractivity contribution is 6.07. The lowest BCUT2D eigenvalue weighted by Gasteiger charge is -2.14. The Bertz CT molecular complexity index is 1120. The molecule has 5 N–H and O–H groups in total. The first-order valence-corrected chi connectivity index (χ1v) is 8.52. The molecule has 0 unspecified atom stereocenters. The predicted octanol–water partition coefficient (Wildman–Crippen LogP) is 0.871. The Hall–Kier alpha value is -4.02. The molecule has 2 aromatic heterocycles. The van der Waals surface area contributed by atoms with Gasteiger partial charge in [-0.1, -0.05) is 0 Å². The fourth-order valence-electron chi connectivity index (χ4n) is 2.65. The number of aromatic hydroxyl groups is 1. The van der Waals surface area contributed by atoms with Gasteiger partial charge in [-0.2, -0.15) is 5.10 Å². The van der Waals surface area contributed by atoms with Gasteiger partial charge in [0.2, 0.25) is 0 Å². The van der Waals surface area contributed by atoms with Gasteiger partial charge in [0.05, 0.1) is 17.4 Å². The molecule has 0 radical (unpaired) electrons. The Balaban J connectivity index is 1.74. The second kappa shape index (κ2) is 8.33. The van der Waals surface area contributed by atoms with Crippen LogP contribution < -0.4 is 16.3 Å². The minimum atomic E-state index is -0.813. The zero-order valence-electron chi connectivity index (χ0n) is 15.2. The number of amides is 2. The number of aromatic amines is 2. The topological polar surface area (TPSA) is 153 Å². The number of anilines is 1. The number of rotatable bonds is 6. The van der Waals surface area contributed by atoms with E-state index in [4.69, 9.17) is 0 Å². The van der Waals surface area contributed by atoms with Crippen LogP contribution in [-0.4, -0.2) is 43.6 Å². The molecule has 29 heavy (non-hydrogen) atoms. The lowest BCUT2D eigenvalue weighted by Crippen LogP contribution is -2.27. The standard InChI is InChI=1S/C18H17FN6O4/c1-9-10(16(27)21-7-5-14-22-18(29)25-24-14)2-3-13(26)15(9)23-17(28)11-4-6-20-8-12(11)19/h2-4,6,8,26H,5,7H2,1H3,(H,21,27)(H,23,28)(H2,22,24,25,29). The Labute approximate surface area is 163 Å². The summed E-state index contributed by atoms with van der Waals surface area (Å²) in [6.45, 7) is 1.74. The fourth-order valence-corrected chi connectivity index (χ4v) is 2.65. The van der Waals surface area contributed by atoms with Crippen molar-refractivity contribution in [2.75, 3.05) is 11.9 Å². The molecule has 11 heteroatoms. The van der Waals surface area contributed by atoms with Gasteiger partial charge in [-0.15, -0.1) is 0 Å². The number of carbonyl (C=O) groups excluding carboxylic acids is 2. The number of nitrogens with one attached hydrogen (secondary N) is 4. The average Bonchev–Trinajstić information content (AvgIpc) is 3.10. The molecular weight excluding hydrogens is 383 g/mol. The summed E-state index contributed by atoms with van der Waals surface area (Å²) in [6, 6.07) is 3.86. The molecule has 3 rings (SSSR count). The molecule has 0 atom stereocenters. The van der Waals surface area contributed by atoms with Gasteiger partial charge in [-0.3, -0.25) is 19.6 Å². The van der Waals surface area contributed by atoms with Crippen LogP contribution in [0.3, 0.4) is 0 Å². The van der Waals surface area contributed by atoms with Gasteiger partial charge in [0.15, 0.2) is 5.82 Å². The summed E-state index contributed by atoms with van der Waals surface area (Å²) in [5, 5.41) is 21.1. The number of pyridine rings is 1. The van der Waals surface area contributed by atoms with Crippen LogP contribution in [0.15, 0.2) is 35.4 Å². The zero-order valence-corrected chi connectivity index (χ0v) is 15.2. The molecular formula is C18H17FN6O4. The first-order valence-electron chi connectivity index (χ1n) is 8.52. The number of aromatic nitrogens is 4. The SMILES string of the molecule is Cc1c(C(=O)NCCc2n[nH]c(=O)[nH]2)ccc(O)c1NC(=O)c1ccncc1F. The molecule has 0 spiro atoms. The van der Waals surface area contributed by atoms with Crippen molar-refractivity contribution >= 4 is 17.5 Å². The minimum absolute atomic E-state index is 0.00417. The predicted molar refractivity (Wildman–Crippen MR) is 100 cm³/mol. The molecule has 2 heterocycles. The summed E-state index contributed by atoms with van der Waals surface area (Å²) >= 11 is 0. The highest BCUT2D eigenvalue weighted by Crippen LogP contribution is 2.30. The monoisotopic (exact) mass is 400 g/mol. The van der Waals surface area contributed by atoms with Crippen LogP contribution in [0.4, 0.5) is 10.1 Å². The van der Waals surface area contributed by atoms with E-state index in [1.165, 1.54) is 24.4 Å². The normalized spacial score (nSPS) is 10.6. The summed E-state index contributed by atoms with van der Waals surface area (Å²) in [5.74, 6) is -1.93. The van der Waals surface area contributed by atoms with Crippen LogP contribution in [0.25, 0.3) is 0 Å². The second-order valence-electron chi connectivity index (χ2n) is 6.07. The van der Waals surface area contributed by atoms with Crippen LogP contribution in [0.1, 0.15) is 32.1 Å². The number of carbonyl (C=O) groups is 2. The van der Waals surface area contributed by atoms with Crippen molar-refractivity contribution in [2.45, 2.75) is 13.3 Å². The number of benzene rings is 1. The lowest BCUT2D eigenvalue weighted by atomic mass is 10.0. The third kappa shape index (κ3) is 4.46. The number of phenolic OH excluding ortho intramolecular Hbond substituents is 1. The van der Waals surface area contributed by atoms with Crippen molar-refractivity contribution in [1.82, 2.24) is 25.5 Å². The van der Waals surface area contributed by atoms with Gasteiger partial charge in [-0.05, 0) is 30.7 Å². The van der Waals surface area contributed by atoms with Crippen molar-refractivity contribution in [1.29, 1.82) is 0 Å². The molecule has 0 saturated carbocycles. The molecule has 0 saturated heterocycles. The molecule has 10 nitrogen and oxygen atoms in total. The molecule has 0 aliphatic heterocycles. The molecule has 0 aliphatic carbocycles. The third-order valence-corrected chi connectivity index (χ3v) is 4.14. The summed E-state index contributed by atoms with van der Waals surface area (Å²) in [7, 11) is 0. The number of hydrogen-bond acceptors (Lipinski definition) is 6. The first-order chi connectivity index (χ1) is 13.9. The van der Waals surface area contributed by atoms with E-state index in [-0.39, 0.29) is 29.1 Å². The molecule has 1 aromatic carbocycles. The van der Waals surface area contributed by atoms with E-state index in [1.54, 1.807) is 6.92 Å². The quantitative estimate of drug-likeness (QED) is 0.387. The molecule has 3 aromatic rings. The van der Waals surface area contributed by atoms with E-state index < -0.39 is 23.3 Å². The Morgan fingerprint density at radius 1 is 1.21 bits per heavy atom. The lowest BCUT2D eigenvalue weighted by molar-refractivity contribution is 0.0951. The van der Waals surface area contributed by atoms with Gasteiger partial charge < -0.3 is 15.7 Å². The van der Waals surface area contributed by atoms with Crippen LogP contribution >= 0.6 is 0 Å². The average molecular weight is 400 g/mol. The van der Waals surface area contributed by atoms with Crippen molar-refractivity contribution in [3.05, 3.63) is 69.4 Å². The highest BCUT2D eigenvalue weighted by Gasteiger charge is 2.19. The van der Waals surface area contributed by atoms with E-state index in [2.05, 4.69) is 30.8 Å². The van der Waals surface area contributed by atoms with E-state index in [1.807, 2.05) is 0 Å². The van der Waals surface area contributed by atoms with Crippen molar-refractivity contribution < 1.29 is 19.1 Å². The smallest absolute Gasteiger partial charge is 0.340 e. The number of halogens is 1. The molecule has 0 bridgehead atoms. The summed E-state index contributed by atoms with van der Waals surface area (Å²) in [6.07, 6.45) is 2.46. The van der Waals surface area contributed by atoms with Gasteiger partial charge in [-0.25, -0.2) is 14.3 Å². The van der Waals surface area contributed by atoms with E-state index in [0.29, 0.717) is 17.8 Å². The molecule has 2 amide bonds. The highest BCUT2D eigenvalue weighted by atomic mass is 19.1. The first kappa shape index (κ1) is 19.7. The Morgan fingerprint density at radius 2 is 2.00 bits per heavy atom. The Kier molecular flexibility index (Phi) is 5.67. The molecule has 150 valence electrons. The van der Waals surface area contributed by atoms with Crippen molar-refractivity contribution in [2.24, 2.45) is 0 Å². The van der Waals surface area contributed by atoms with Gasteiger partial charge in [0, 0.05) is 24.7 Å². The van der Waals surface area contributed by atoms with Crippen LogP contribution in [0.2, 0.25) is 0 Å². The van der Waals surface area contributed by atoms with Crippen LogP contribution in [-0.2, 0) is 6.42 Å². The maximum absolute atomic E-state index is 13.8. The summed E-state index contributed by atoms with van der Waals surface area (Å²) < 4.78 is 13.8. The third-order valence-electron chi connectivity index (χ3n) is 4.14. The maximum atomic E-state index is 13.8. The van der Waals surface area contributed by atoms with Crippen LogP contribution in [0, 0.1) is 12.7 Å².